The lowest BCUT2D eigenvalue weighted by atomic mass is 10.1. The fourth-order valence-electron chi connectivity index (χ4n) is 1.54. The molecule has 0 radical (unpaired) electrons. The van der Waals surface area contributed by atoms with Gasteiger partial charge in [-0.1, -0.05) is 13.3 Å². The van der Waals surface area contributed by atoms with Crippen LogP contribution in [0.5, 0.6) is 0 Å². The van der Waals surface area contributed by atoms with Gasteiger partial charge in [0, 0.05) is 25.5 Å². The Bertz CT molecular complexity index is 240. The van der Waals surface area contributed by atoms with Crippen molar-refractivity contribution in [1.82, 2.24) is 4.57 Å². The lowest BCUT2D eigenvalue weighted by molar-refractivity contribution is 0.299. The lowest BCUT2D eigenvalue weighted by Crippen LogP contribution is -2.00. The first-order chi connectivity index (χ1) is 5.79. The van der Waals surface area contributed by atoms with Crippen molar-refractivity contribution in [3.8, 4) is 0 Å². The molecule has 0 amide bonds. The number of aliphatic hydroxyl groups is 1. The van der Waals surface area contributed by atoms with E-state index in [4.69, 9.17) is 5.11 Å². The molecule has 1 heterocycles. The minimum atomic E-state index is 0.251. The topological polar surface area (TPSA) is 25.2 Å². The van der Waals surface area contributed by atoms with E-state index in [1.165, 1.54) is 11.3 Å². The number of rotatable bonds is 4. The average Bonchev–Trinajstić information content (AvgIpc) is 2.37. The van der Waals surface area contributed by atoms with Crippen LogP contribution in [0.15, 0.2) is 12.3 Å². The smallest absolute Gasteiger partial charge is 0.0472 e. The van der Waals surface area contributed by atoms with Crippen LogP contribution in [-0.4, -0.2) is 16.3 Å². The van der Waals surface area contributed by atoms with Crippen LogP contribution < -0.4 is 0 Å². The van der Waals surface area contributed by atoms with E-state index < -0.39 is 0 Å². The van der Waals surface area contributed by atoms with Gasteiger partial charge in [-0.3, -0.25) is 0 Å². The molecule has 0 aliphatic carbocycles. The highest BCUT2D eigenvalue weighted by molar-refractivity contribution is 5.22. The summed E-state index contributed by atoms with van der Waals surface area (Å²) >= 11 is 0. The third-order valence-corrected chi connectivity index (χ3v) is 2.16. The summed E-state index contributed by atoms with van der Waals surface area (Å²) in [7, 11) is 2.06. The Morgan fingerprint density at radius 3 is 2.75 bits per heavy atom. The van der Waals surface area contributed by atoms with Gasteiger partial charge in [0.1, 0.15) is 0 Å². The Hall–Kier alpha value is -0.760. The van der Waals surface area contributed by atoms with Gasteiger partial charge in [0.25, 0.3) is 0 Å². The van der Waals surface area contributed by atoms with E-state index in [0.717, 1.165) is 19.3 Å². The zero-order valence-electron chi connectivity index (χ0n) is 7.88. The summed E-state index contributed by atoms with van der Waals surface area (Å²) < 4.78 is 2.15. The number of aromatic nitrogens is 1. The fraction of sp³-hybridized carbons (Fsp3) is 0.600. The zero-order valence-corrected chi connectivity index (χ0v) is 7.88. The molecule has 0 aromatic carbocycles. The molecule has 0 aliphatic rings. The predicted molar refractivity (Wildman–Crippen MR) is 50.2 cm³/mol. The molecule has 0 unspecified atom stereocenters. The van der Waals surface area contributed by atoms with Crippen molar-refractivity contribution >= 4 is 0 Å². The maximum Gasteiger partial charge on any atom is 0.0472 e. The maximum atomic E-state index is 8.81. The number of nitrogens with zero attached hydrogens (tertiary/aromatic N) is 1. The van der Waals surface area contributed by atoms with Crippen LogP contribution in [0, 0.1) is 0 Å². The first-order valence-electron chi connectivity index (χ1n) is 4.53. The lowest BCUT2D eigenvalue weighted by Gasteiger charge is -2.04. The van der Waals surface area contributed by atoms with Crippen molar-refractivity contribution in [2.24, 2.45) is 7.05 Å². The molecular formula is C10H17NO. The van der Waals surface area contributed by atoms with Crippen molar-refractivity contribution in [2.75, 3.05) is 6.61 Å². The molecule has 0 fully saturated rings. The summed E-state index contributed by atoms with van der Waals surface area (Å²) in [6.45, 7) is 2.43. The second kappa shape index (κ2) is 4.31. The molecule has 1 rings (SSSR count). The van der Waals surface area contributed by atoms with E-state index in [9.17, 15) is 0 Å². The summed E-state index contributed by atoms with van der Waals surface area (Å²) in [5.74, 6) is 0. The van der Waals surface area contributed by atoms with E-state index in [0.29, 0.717) is 0 Å². The highest BCUT2D eigenvalue weighted by Crippen LogP contribution is 2.12. The van der Waals surface area contributed by atoms with Gasteiger partial charge in [-0.2, -0.15) is 0 Å². The first kappa shape index (κ1) is 9.33. The highest BCUT2D eigenvalue weighted by Gasteiger charge is 2.04. The first-order valence-corrected chi connectivity index (χ1v) is 4.53. The molecule has 0 atom stereocenters. The zero-order chi connectivity index (χ0) is 8.97. The molecule has 0 aliphatic heterocycles. The Labute approximate surface area is 73.8 Å². The molecular weight excluding hydrogens is 150 g/mol. The van der Waals surface area contributed by atoms with Crippen molar-refractivity contribution in [3.63, 3.8) is 0 Å². The van der Waals surface area contributed by atoms with E-state index >= 15 is 0 Å². The van der Waals surface area contributed by atoms with E-state index in [2.05, 4.69) is 30.8 Å². The third kappa shape index (κ3) is 1.89. The number of aryl methyl sites for hydroxylation is 1. The Morgan fingerprint density at radius 2 is 2.17 bits per heavy atom. The van der Waals surface area contributed by atoms with Crippen LogP contribution in [0.2, 0.25) is 0 Å². The second-order valence-corrected chi connectivity index (χ2v) is 3.12. The summed E-state index contributed by atoms with van der Waals surface area (Å²) in [4.78, 5) is 0. The predicted octanol–water partition coefficient (Wildman–Crippen LogP) is 1.51. The molecule has 2 heteroatoms. The fourth-order valence-corrected chi connectivity index (χ4v) is 1.54. The molecule has 1 aromatic heterocycles. The van der Waals surface area contributed by atoms with E-state index in [1.54, 1.807) is 0 Å². The molecule has 1 aromatic rings. The van der Waals surface area contributed by atoms with Gasteiger partial charge in [0.05, 0.1) is 0 Å². The van der Waals surface area contributed by atoms with Crippen LogP contribution in [0.25, 0.3) is 0 Å². The van der Waals surface area contributed by atoms with Crippen LogP contribution in [0.1, 0.15) is 24.6 Å². The van der Waals surface area contributed by atoms with Crippen molar-refractivity contribution in [1.29, 1.82) is 0 Å². The Morgan fingerprint density at radius 1 is 1.42 bits per heavy atom. The summed E-state index contributed by atoms with van der Waals surface area (Å²) in [5, 5.41) is 8.81. The van der Waals surface area contributed by atoms with E-state index in [1.807, 2.05) is 0 Å². The van der Waals surface area contributed by atoms with Gasteiger partial charge < -0.3 is 9.67 Å². The molecule has 0 spiro atoms. The quantitative estimate of drug-likeness (QED) is 0.722. The standard InChI is InChI=1S/C10H17NO/c1-3-4-10-9(6-8-12)5-7-11(10)2/h5,7,12H,3-4,6,8H2,1-2H3. The average molecular weight is 167 g/mol. The van der Waals surface area contributed by atoms with Crippen LogP contribution >= 0.6 is 0 Å². The number of hydrogen-bond acceptors (Lipinski definition) is 1. The van der Waals surface area contributed by atoms with Crippen molar-refractivity contribution < 1.29 is 5.11 Å². The van der Waals surface area contributed by atoms with Gasteiger partial charge in [-0.05, 0) is 24.5 Å². The van der Waals surface area contributed by atoms with E-state index in [-0.39, 0.29) is 6.61 Å². The largest absolute Gasteiger partial charge is 0.396 e. The molecule has 2 nitrogen and oxygen atoms in total. The molecule has 12 heavy (non-hydrogen) atoms. The van der Waals surface area contributed by atoms with Gasteiger partial charge in [0.2, 0.25) is 0 Å². The Balaban J connectivity index is 2.80. The SMILES string of the molecule is CCCc1c(CCO)ccn1C. The minimum absolute atomic E-state index is 0.251. The summed E-state index contributed by atoms with van der Waals surface area (Å²) in [5.41, 5.74) is 2.66. The van der Waals surface area contributed by atoms with Crippen molar-refractivity contribution in [2.45, 2.75) is 26.2 Å². The maximum absolute atomic E-state index is 8.81. The van der Waals surface area contributed by atoms with Gasteiger partial charge in [0.15, 0.2) is 0 Å². The number of aliphatic hydroxyl groups excluding tert-OH is 1. The third-order valence-electron chi connectivity index (χ3n) is 2.16. The summed E-state index contributed by atoms with van der Waals surface area (Å²) in [6, 6.07) is 2.10. The minimum Gasteiger partial charge on any atom is -0.396 e. The Kier molecular flexibility index (Phi) is 3.35. The second-order valence-electron chi connectivity index (χ2n) is 3.12. The van der Waals surface area contributed by atoms with Crippen LogP contribution in [0.4, 0.5) is 0 Å². The molecule has 0 bridgehead atoms. The molecule has 1 N–H and O–H groups in total. The normalized spacial score (nSPS) is 10.6. The molecule has 0 saturated heterocycles. The van der Waals surface area contributed by atoms with Crippen LogP contribution in [0.3, 0.4) is 0 Å². The summed E-state index contributed by atoms with van der Waals surface area (Å²) in [6.07, 6.45) is 5.13. The van der Waals surface area contributed by atoms with Crippen molar-refractivity contribution in [3.05, 3.63) is 23.5 Å². The highest BCUT2D eigenvalue weighted by atomic mass is 16.2. The molecule has 68 valence electrons. The monoisotopic (exact) mass is 167 g/mol. The van der Waals surface area contributed by atoms with Gasteiger partial charge >= 0.3 is 0 Å². The number of hydrogen-bond donors (Lipinski definition) is 1. The van der Waals surface area contributed by atoms with Gasteiger partial charge in [-0.25, -0.2) is 0 Å². The van der Waals surface area contributed by atoms with Crippen LogP contribution in [-0.2, 0) is 19.9 Å². The van der Waals surface area contributed by atoms with Gasteiger partial charge in [-0.15, -0.1) is 0 Å². The molecule has 0 saturated carbocycles.